The molecule has 0 saturated carbocycles. The first kappa shape index (κ1) is 13.5. The second kappa shape index (κ2) is 4.63. The van der Waals surface area contributed by atoms with Crippen molar-refractivity contribution in [2.24, 2.45) is 0 Å². The van der Waals surface area contributed by atoms with Crippen LogP contribution in [0.3, 0.4) is 0 Å². The molecule has 0 aliphatic carbocycles. The summed E-state index contributed by atoms with van der Waals surface area (Å²) in [5.41, 5.74) is 7.30. The number of rotatable bonds is 1. The van der Waals surface area contributed by atoms with Gasteiger partial charge in [-0.05, 0) is 28.1 Å². The normalized spacial score (nSPS) is 11.8. The van der Waals surface area contributed by atoms with Gasteiger partial charge in [0.25, 0.3) is 0 Å². The molecule has 2 nitrogen and oxygen atoms in total. The number of nitrogens with zero attached hydrogens (tertiary/aromatic N) is 1. The SMILES string of the molecule is CC(C)(C)c1nc(-c2ccc(Br)c(F)c2)c(N)s1. The van der Waals surface area contributed by atoms with E-state index in [0.717, 1.165) is 5.01 Å². The Kier molecular flexibility index (Phi) is 3.47. The molecule has 0 aliphatic heterocycles. The monoisotopic (exact) mass is 328 g/mol. The van der Waals surface area contributed by atoms with Gasteiger partial charge in [-0.2, -0.15) is 0 Å². The second-order valence-electron chi connectivity index (χ2n) is 5.11. The average molecular weight is 329 g/mol. The predicted molar refractivity (Wildman–Crippen MR) is 78.3 cm³/mol. The van der Waals surface area contributed by atoms with Crippen molar-refractivity contribution in [3.63, 3.8) is 0 Å². The summed E-state index contributed by atoms with van der Waals surface area (Å²) in [7, 11) is 0. The van der Waals surface area contributed by atoms with Gasteiger partial charge in [0.05, 0.1) is 4.47 Å². The molecular formula is C13H14BrFN2S. The van der Waals surface area contributed by atoms with Crippen LogP contribution in [0, 0.1) is 5.82 Å². The first-order valence-corrected chi connectivity index (χ1v) is 7.12. The molecule has 5 heteroatoms. The number of nitrogens with two attached hydrogens (primary N) is 1. The highest BCUT2D eigenvalue weighted by Crippen LogP contribution is 2.36. The van der Waals surface area contributed by atoms with Crippen molar-refractivity contribution in [1.82, 2.24) is 4.98 Å². The third kappa shape index (κ3) is 2.57. The zero-order chi connectivity index (χ0) is 13.5. The number of hydrogen-bond acceptors (Lipinski definition) is 3. The highest BCUT2D eigenvalue weighted by atomic mass is 79.9. The quantitative estimate of drug-likeness (QED) is 0.831. The van der Waals surface area contributed by atoms with Crippen molar-refractivity contribution >= 4 is 32.3 Å². The Labute approximate surface area is 118 Å². The highest BCUT2D eigenvalue weighted by molar-refractivity contribution is 9.10. The molecule has 0 fully saturated rings. The molecule has 96 valence electrons. The van der Waals surface area contributed by atoms with Crippen LogP contribution in [0.25, 0.3) is 11.3 Å². The van der Waals surface area contributed by atoms with Crippen LogP contribution in [0.1, 0.15) is 25.8 Å². The summed E-state index contributed by atoms with van der Waals surface area (Å²) in [6.45, 7) is 6.24. The third-order valence-corrected chi connectivity index (χ3v) is 4.44. The molecule has 0 aliphatic rings. The Balaban J connectivity index is 2.51. The summed E-state index contributed by atoms with van der Waals surface area (Å²) in [6, 6.07) is 4.92. The van der Waals surface area contributed by atoms with Crippen LogP contribution >= 0.6 is 27.3 Å². The van der Waals surface area contributed by atoms with Crippen LogP contribution < -0.4 is 5.73 Å². The minimum Gasteiger partial charge on any atom is -0.389 e. The summed E-state index contributed by atoms with van der Waals surface area (Å²) in [5, 5.41) is 1.58. The number of nitrogen functional groups attached to an aromatic ring is 1. The summed E-state index contributed by atoms with van der Waals surface area (Å²) in [5.74, 6) is -0.308. The van der Waals surface area contributed by atoms with Crippen LogP contribution in [0.4, 0.5) is 9.39 Å². The fraction of sp³-hybridized carbons (Fsp3) is 0.308. The van der Waals surface area contributed by atoms with Crippen molar-refractivity contribution < 1.29 is 4.39 Å². The van der Waals surface area contributed by atoms with Crippen LogP contribution in [-0.2, 0) is 5.41 Å². The number of benzene rings is 1. The Morgan fingerprint density at radius 1 is 1.33 bits per heavy atom. The van der Waals surface area contributed by atoms with Gasteiger partial charge in [0, 0.05) is 11.0 Å². The third-order valence-electron chi connectivity index (χ3n) is 2.49. The van der Waals surface area contributed by atoms with Crippen molar-refractivity contribution in [3.8, 4) is 11.3 Å². The van der Waals surface area contributed by atoms with Crippen LogP contribution in [0.5, 0.6) is 0 Å². The maximum atomic E-state index is 13.5. The van der Waals surface area contributed by atoms with Crippen LogP contribution in [0.15, 0.2) is 22.7 Å². The van der Waals surface area contributed by atoms with Gasteiger partial charge in [0.2, 0.25) is 0 Å². The van der Waals surface area contributed by atoms with Gasteiger partial charge >= 0.3 is 0 Å². The lowest BCUT2D eigenvalue weighted by Crippen LogP contribution is -2.10. The standard InChI is InChI=1S/C13H14BrFN2S/c1-13(2,3)12-17-10(11(16)18-12)7-4-5-8(14)9(15)6-7/h4-6H,16H2,1-3H3. The summed E-state index contributed by atoms with van der Waals surface area (Å²) in [4.78, 5) is 4.53. The molecule has 18 heavy (non-hydrogen) atoms. The van der Waals surface area contributed by atoms with E-state index in [0.29, 0.717) is 20.7 Å². The second-order valence-corrected chi connectivity index (χ2v) is 7.00. The van der Waals surface area contributed by atoms with E-state index in [1.54, 1.807) is 6.07 Å². The van der Waals surface area contributed by atoms with Gasteiger partial charge in [-0.1, -0.05) is 26.8 Å². The van der Waals surface area contributed by atoms with Gasteiger partial charge in [0.15, 0.2) is 0 Å². The highest BCUT2D eigenvalue weighted by Gasteiger charge is 2.21. The van der Waals surface area contributed by atoms with Gasteiger partial charge < -0.3 is 5.73 Å². The number of aromatic nitrogens is 1. The fourth-order valence-corrected chi connectivity index (χ4v) is 2.66. The molecule has 0 spiro atoms. The van der Waals surface area contributed by atoms with E-state index in [1.165, 1.54) is 17.4 Å². The largest absolute Gasteiger partial charge is 0.389 e. The van der Waals surface area contributed by atoms with E-state index in [4.69, 9.17) is 5.73 Å². The summed E-state index contributed by atoms with van der Waals surface area (Å²) in [6.07, 6.45) is 0. The lowest BCUT2D eigenvalue weighted by atomic mass is 9.98. The first-order chi connectivity index (χ1) is 8.29. The molecular weight excluding hydrogens is 315 g/mol. The predicted octanol–water partition coefficient (Wildman–Crippen LogP) is 4.59. The molecule has 0 saturated heterocycles. The smallest absolute Gasteiger partial charge is 0.138 e. The number of halogens is 2. The molecule has 2 N–H and O–H groups in total. The van der Waals surface area contributed by atoms with Crippen molar-refractivity contribution in [3.05, 3.63) is 33.5 Å². The molecule has 1 heterocycles. The van der Waals surface area contributed by atoms with E-state index in [-0.39, 0.29) is 11.2 Å². The van der Waals surface area contributed by atoms with E-state index in [1.807, 2.05) is 6.07 Å². The Morgan fingerprint density at radius 3 is 2.50 bits per heavy atom. The fourth-order valence-electron chi connectivity index (χ4n) is 1.50. The molecule has 0 bridgehead atoms. The molecule has 1 aromatic carbocycles. The Bertz CT molecular complexity index is 587. The maximum Gasteiger partial charge on any atom is 0.138 e. The van der Waals surface area contributed by atoms with E-state index in [9.17, 15) is 4.39 Å². The van der Waals surface area contributed by atoms with Gasteiger partial charge in [0.1, 0.15) is 21.5 Å². The number of anilines is 1. The number of hydrogen-bond donors (Lipinski definition) is 1. The van der Waals surface area contributed by atoms with E-state index >= 15 is 0 Å². The van der Waals surface area contributed by atoms with E-state index < -0.39 is 0 Å². The Hall–Kier alpha value is -0.940. The minimum absolute atomic E-state index is 0.0506. The van der Waals surface area contributed by atoms with Crippen molar-refractivity contribution in [2.45, 2.75) is 26.2 Å². The summed E-state index contributed by atoms with van der Waals surface area (Å²) < 4.78 is 14.0. The Morgan fingerprint density at radius 2 is 2.00 bits per heavy atom. The van der Waals surface area contributed by atoms with Crippen LogP contribution in [-0.4, -0.2) is 4.98 Å². The molecule has 0 radical (unpaired) electrons. The molecule has 2 rings (SSSR count). The maximum absolute atomic E-state index is 13.5. The van der Waals surface area contributed by atoms with Crippen LogP contribution in [0.2, 0.25) is 0 Å². The van der Waals surface area contributed by atoms with Crippen molar-refractivity contribution in [2.75, 3.05) is 5.73 Å². The lowest BCUT2D eigenvalue weighted by molar-refractivity contribution is 0.586. The molecule has 0 unspecified atom stereocenters. The zero-order valence-electron chi connectivity index (χ0n) is 10.4. The zero-order valence-corrected chi connectivity index (χ0v) is 12.8. The van der Waals surface area contributed by atoms with Crippen molar-refractivity contribution in [1.29, 1.82) is 0 Å². The molecule has 0 atom stereocenters. The topological polar surface area (TPSA) is 38.9 Å². The van der Waals surface area contributed by atoms with E-state index in [2.05, 4.69) is 41.7 Å². The molecule has 0 amide bonds. The average Bonchev–Trinajstić information content (AvgIpc) is 2.64. The molecule has 1 aromatic heterocycles. The lowest BCUT2D eigenvalue weighted by Gasteiger charge is -2.13. The summed E-state index contributed by atoms with van der Waals surface area (Å²) >= 11 is 4.59. The van der Waals surface area contributed by atoms with Gasteiger partial charge in [-0.15, -0.1) is 11.3 Å². The van der Waals surface area contributed by atoms with Gasteiger partial charge in [-0.3, -0.25) is 0 Å². The minimum atomic E-state index is -0.308. The van der Waals surface area contributed by atoms with Gasteiger partial charge in [-0.25, -0.2) is 9.37 Å². The first-order valence-electron chi connectivity index (χ1n) is 5.51. The number of thiazole rings is 1. The molecule has 2 aromatic rings.